The van der Waals surface area contributed by atoms with Crippen LogP contribution in [-0.4, -0.2) is 34.6 Å². The molecule has 19 heavy (non-hydrogen) atoms. The monoisotopic (exact) mass is 305 g/mol. The molecule has 1 N–H and O–H groups in total. The van der Waals surface area contributed by atoms with Crippen molar-refractivity contribution in [3.8, 4) is 0 Å². The molecule has 0 saturated carbocycles. The summed E-state index contributed by atoms with van der Waals surface area (Å²) >= 11 is 11.5. The number of halogens is 3. The Hall–Kier alpha value is -0.840. The quantitative estimate of drug-likeness (QED) is 0.853. The minimum atomic E-state index is -0.868. The van der Waals surface area contributed by atoms with E-state index in [2.05, 4.69) is 0 Å². The molecule has 0 spiro atoms. The molecule has 6 heteroatoms. The van der Waals surface area contributed by atoms with Gasteiger partial charge in [-0.05, 0) is 18.1 Å². The van der Waals surface area contributed by atoms with E-state index in [4.69, 9.17) is 23.2 Å². The number of rotatable bonds is 2. The van der Waals surface area contributed by atoms with Gasteiger partial charge in [-0.15, -0.1) is 0 Å². The Morgan fingerprint density at radius 3 is 2.47 bits per heavy atom. The predicted octanol–water partition coefficient (Wildman–Crippen LogP) is 2.98. The molecular formula is C13H14Cl2FNO2. The smallest absolute Gasteiger partial charge is 0.255 e. The third kappa shape index (κ3) is 2.57. The molecule has 0 unspecified atom stereocenters. The van der Waals surface area contributed by atoms with Gasteiger partial charge in [0.1, 0.15) is 11.4 Å². The molecule has 1 aromatic rings. The minimum Gasteiger partial charge on any atom is -0.386 e. The second kappa shape index (κ2) is 4.93. The van der Waals surface area contributed by atoms with Gasteiger partial charge in [0.15, 0.2) is 0 Å². The third-order valence-electron chi connectivity index (χ3n) is 3.53. The first-order chi connectivity index (χ1) is 8.74. The number of hydrogen-bond donors (Lipinski definition) is 1. The number of amides is 1. The number of aliphatic hydroxyl groups is 1. The summed E-state index contributed by atoms with van der Waals surface area (Å²) in [5.41, 5.74) is -0.804. The Labute approximate surface area is 120 Å². The zero-order chi connectivity index (χ0) is 14.4. The maximum absolute atomic E-state index is 13.4. The lowest BCUT2D eigenvalue weighted by Crippen LogP contribution is -2.66. The molecule has 0 aliphatic carbocycles. The van der Waals surface area contributed by atoms with Crippen LogP contribution in [0.3, 0.4) is 0 Å². The van der Waals surface area contributed by atoms with Crippen LogP contribution in [0.4, 0.5) is 4.39 Å². The zero-order valence-corrected chi connectivity index (χ0v) is 12.1. The maximum Gasteiger partial charge on any atom is 0.255 e. The van der Waals surface area contributed by atoms with Crippen molar-refractivity contribution in [2.45, 2.75) is 19.4 Å². The van der Waals surface area contributed by atoms with E-state index in [9.17, 15) is 14.3 Å². The minimum absolute atomic E-state index is 0.0500. The van der Waals surface area contributed by atoms with Gasteiger partial charge in [-0.25, -0.2) is 4.39 Å². The topological polar surface area (TPSA) is 40.5 Å². The number of β-amino-alcohol motifs (C(OH)–C–C–N with tert-alkyl or cyclic N) is 1. The summed E-state index contributed by atoms with van der Waals surface area (Å²) in [6.45, 7) is 4.22. The lowest BCUT2D eigenvalue weighted by Gasteiger charge is -2.49. The third-order valence-corrected chi connectivity index (χ3v) is 4.13. The molecule has 0 atom stereocenters. The highest BCUT2D eigenvalue weighted by Gasteiger charge is 2.46. The zero-order valence-electron chi connectivity index (χ0n) is 10.6. The number of benzene rings is 1. The molecule has 1 aliphatic rings. The average Bonchev–Trinajstić information content (AvgIpc) is 2.28. The van der Waals surface area contributed by atoms with Crippen molar-refractivity contribution in [3.05, 3.63) is 33.6 Å². The van der Waals surface area contributed by atoms with E-state index in [1.54, 1.807) is 0 Å². The van der Waals surface area contributed by atoms with Gasteiger partial charge < -0.3 is 10.0 Å². The van der Waals surface area contributed by atoms with Gasteiger partial charge >= 0.3 is 0 Å². The maximum atomic E-state index is 13.4. The summed E-state index contributed by atoms with van der Waals surface area (Å²) in [5, 5.41) is 10.1. The Balaban J connectivity index is 2.17. The molecule has 1 amide bonds. The molecule has 1 heterocycles. The van der Waals surface area contributed by atoms with Gasteiger partial charge in [0.2, 0.25) is 0 Å². The Bertz CT molecular complexity index is 528. The lowest BCUT2D eigenvalue weighted by atomic mass is 9.82. The van der Waals surface area contributed by atoms with Crippen LogP contribution in [0.5, 0.6) is 0 Å². The summed E-state index contributed by atoms with van der Waals surface area (Å²) in [6.07, 6.45) is 0. The number of likely N-dealkylation sites (tertiary alicyclic amines) is 1. The predicted molar refractivity (Wildman–Crippen MR) is 72.1 cm³/mol. The highest BCUT2D eigenvalue weighted by Crippen LogP contribution is 2.32. The lowest BCUT2D eigenvalue weighted by molar-refractivity contribution is -0.110. The van der Waals surface area contributed by atoms with E-state index >= 15 is 0 Å². The first kappa shape index (κ1) is 14.6. The molecule has 104 valence electrons. The van der Waals surface area contributed by atoms with Crippen LogP contribution in [0, 0.1) is 11.7 Å². The van der Waals surface area contributed by atoms with Crippen LogP contribution in [0.2, 0.25) is 10.0 Å². The first-order valence-electron chi connectivity index (χ1n) is 5.91. The molecule has 2 rings (SSSR count). The molecule has 1 fully saturated rings. The van der Waals surface area contributed by atoms with E-state index in [1.807, 2.05) is 13.8 Å². The van der Waals surface area contributed by atoms with E-state index in [1.165, 1.54) is 11.0 Å². The molecule has 0 radical (unpaired) electrons. The highest BCUT2D eigenvalue weighted by atomic mass is 35.5. The van der Waals surface area contributed by atoms with Gasteiger partial charge in [0.25, 0.3) is 5.91 Å². The molecule has 1 aliphatic heterocycles. The van der Waals surface area contributed by atoms with Gasteiger partial charge in [0, 0.05) is 0 Å². The summed E-state index contributed by atoms with van der Waals surface area (Å²) < 4.78 is 13.4. The second-order valence-corrected chi connectivity index (χ2v) is 5.98. The van der Waals surface area contributed by atoms with Gasteiger partial charge in [-0.3, -0.25) is 4.79 Å². The number of nitrogens with zero attached hydrogens (tertiary/aromatic N) is 1. The molecule has 0 aromatic heterocycles. The molecule has 0 bridgehead atoms. The van der Waals surface area contributed by atoms with Gasteiger partial charge in [-0.2, -0.15) is 0 Å². The number of hydrogen-bond acceptors (Lipinski definition) is 2. The van der Waals surface area contributed by atoms with E-state index in [0.29, 0.717) is 0 Å². The van der Waals surface area contributed by atoms with E-state index < -0.39 is 17.3 Å². The van der Waals surface area contributed by atoms with Crippen LogP contribution in [0.15, 0.2) is 12.1 Å². The first-order valence-corrected chi connectivity index (χ1v) is 6.66. The van der Waals surface area contributed by atoms with E-state index in [-0.39, 0.29) is 34.6 Å². The molecule has 1 saturated heterocycles. The van der Waals surface area contributed by atoms with Crippen molar-refractivity contribution in [2.75, 3.05) is 13.1 Å². The van der Waals surface area contributed by atoms with Crippen LogP contribution in [0.25, 0.3) is 0 Å². The summed E-state index contributed by atoms with van der Waals surface area (Å²) in [6, 6.07) is 2.24. The highest BCUT2D eigenvalue weighted by molar-refractivity contribution is 6.36. The standard InChI is InChI=1S/C13H14Cl2FNO2/c1-7(2)13(19)5-17(6-13)12(18)8-3-11(16)10(15)4-9(8)14/h3-4,7,19H,5-6H2,1-2H3. The van der Waals surface area contributed by atoms with Gasteiger partial charge in [0.05, 0.1) is 28.7 Å². The summed E-state index contributed by atoms with van der Waals surface area (Å²) in [4.78, 5) is 13.6. The number of carbonyl (C=O) groups excluding carboxylic acids is 1. The largest absolute Gasteiger partial charge is 0.386 e. The van der Waals surface area contributed by atoms with Crippen molar-refractivity contribution in [1.82, 2.24) is 4.90 Å². The van der Waals surface area contributed by atoms with Crippen molar-refractivity contribution < 1.29 is 14.3 Å². The Morgan fingerprint density at radius 1 is 1.37 bits per heavy atom. The van der Waals surface area contributed by atoms with Crippen LogP contribution in [0.1, 0.15) is 24.2 Å². The second-order valence-electron chi connectivity index (χ2n) is 5.17. The number of carbonyl (C=O) groups is 1. The summed E-state index contributed by atoms with van der Waals surface area (Å²) in [7, 11) is 0. The fourth-order valence-corrected chi connectivity index (χ4v) is 2.44. The van der Waals surface area contributed by atoms with Crippen LogP contribution < -0.4 is 0 Å². The van der Waals surface area contributed by atoms with Crippen LogP contribution >= 0.6 is 23.2 Å². The van der Waals surface area contributed by atoms with Gasteiger partial charge in [-0.1, -0.05) is 37.0 Å². The van der Waals surface area contributed by atoms with Crippen molar-refractivity contribution >= 4 is 29.1 Å². The molecule has 1 aromatic carbocycles. The van der Waals surface area contributed by atoms with Crippen molar-refractivity contribution in [2.24, 2.45) is 5.92 Å². The SMILES string of the molecule is CC(C)C1(O)CN(C(=O)c2cc(F)c(Cl)cc2Cl)C1. The van der Waals surface area contributed by atoms with Crippen molar-refractivity contribution in [1.29, 1.82) is 0 Å². The Kier molecular flexibility index (Phi) is 3.78. The Morgan fingerprint density at radius 2 is 1.95 bits per heavy atom. The normalized spacial score (nSPS) is 17.5. The van der Waals surface area contributed by atoms with Crippen molar-refractivity contribution in [3.63, 3.8) is 0 Å². The molecule has 3 nitrogen and oxygen atoms in total. The molecular weight excluding hydrogens is 292 g/mol. The fourth-order valence-electron chi connectivity index (χ4n) is 1.98. The summed E-state index contributed by atoms with van der Waals surface area (Å²) in [5.74, 6) is -1.03. The fraction of sp³-hybridized carbons (Fsp3) is 0.462. The van der Waals surface area contributed by atoms with Crippen LogP contribution in [-0.2, 0) is 0 Å². The van der Waals surface area contributed by atoms with E-state index in [0.717, 1.165) is 6.07 Å². The average molecular weight is 306 g/mol.